The predicted molar refractivity (Wildman–Crippen MR) is 111 cm³/mol. The summed E-state index contributed by atoms with van der Waals surface area (Å²) < 4.78 is 23.7. The number of carbonyl (C=O) groups excluding carboxylic acids is 2. The third kappa shape index (κ3) is 7.22. The summed E-state index contributed by atoms with van der Waals surface area (Å²) in [6.45, 7) is -0.177. The number of carbonyl (C=O) groups is 2. The van der Waals surface area contributed by atoms with Crippen molar-refractivity contribution >= 4 is 23.4 Å². The SMILES string of the molecule is O=C(COc1ccc(F)cc1)N[C@H]1CC[C@H](NC(=O)COc2ccc(Cl)cc2)CC1. The van der Waals surface area contributed by atoms with E-state index in [9.17, 15) is 14.0 Å². The quantitative estimate of drug-likeness (QED) is 0.667. The topological polar surface area (TPSA) is 76.7 Å². The number of amides is 2. The van der Waals surface area contributed by atoms with Crippen molar-refractivity contribution in [1.82, 2.24) is 10.6 Å². The molecule has 0 unspecified atom stereocenters. The maximum Gasteiger partial charge on any atom is 0.258 e. The molecule has 30 heavy (non-hydrogen) atoms. The Labute approximate surface area is 179 Å². The van der Waals surface area contributed by atoms with Gasteiger partial charge in [0.05, 0.1) is 0 Å². The van der Waals surface area contributed by atoms with Crippen LogP contribution in [0.3, 0.4) is 0 Å². The Balaban J connectivity index is 1.31. The van der Waals surface area contributed by atoms with Crippen LogP contribution < -0.4 is 20.1 Å². The van der Waals surface area contributed by atoms with Crippen molar-refractivity contribution in [1.29, 1.82) is 0 Å². The van der Waals surface area contributed by atoms with Crippen LogP contribution in [0, 0.1) is 5.82 Å². The molecule has 0 bridgehead atoms. The van der Waals surface area contributed by atoms with Crippen molar-refractivity contribution in [2.45, 2.75) is 37.8 Å². The summed E-state index contributed by atoms with van der Waals surface area (Å²) in [4.78, 5) is 24.1. The van der Waals surface area contributed by atoms with Gasteiger partial charge in [0, 0.05) is 17.1 Å². The van der Waals surface area contributed by atoms with Gasteiger partial charge in [-0.1, -0.05) is 11.6 Å². The molecule has 2 aromatic carbocycles. The molecule has 0 aromatic heterocycles. The standard InChI is InChI=1S/C22H24ClFN2O4/c23-15-1-9-19(10-2-15)29-13-21(27)25-17-5-7-18(8-6-17)26-22(28)14-30-20-11-3-16(24)4-12-20/h1-4,9-12,17-18H,5-8,13-14H2,(H,25,27)(H,26,28)/t17-,18-. The zero-order chi connectivity index (χ0) is 21.3. The van der Waals surface area contributed by atoms with Gasteiger partial charge in [0.15, 0.2) is 13.2 Å². The molecule has 8 heteroatoms. The third-order valence-electron chi connectivity index (χ3n) is 4.82. The van der Waals surface area contributed by atoms with E-state index in [4.69, 9.17) is 21.1 Å². The maximum atomic E-state index is 12.9. The lowest BCUT2D eigenvalue weighted by molar-refractivity contribution is -0.125. The summed E-state index contributed by atoms with van der Waals surface area (Å²) in [6, 6.07) is 12.5. The van der Waals surface area contributed by atoms with Crippen molar-refractivity contribution in [2.75, 3.05) is 13.2 Å². The number of benzene rings is 2. The smallest absolute Gasteiger partial charge is 0.258 e. The fraction of sp³-hybridized carbons (Fsp3) is 0.364. The highest BCUT2D eigenvalue weighted by molar-refractivity contribution is 6.30. The molecular weight excluding hydrogens is 411 g/mol. The summed E-state index contributed by atoms with van der Waals surface area (Å²) >= 11 is 5.82. The minimum Gasteiger partial charge on any atom is -0.484 e. The molecule has 1 aliphatic rings. The highest BCUT2D eigenvalue weighted by Gasteiger charge is 2.23. The van der Waals surface area contributed by atoms with Gasteiger partial charge in [0.2, 0.25) is 0 Å². The first-order valence-electron chi connectivity index (χ1n) is 9.83. The van der Waals surface area contributed by atoms with Gasteiger partial charge >= 0.3 is 0 Å². The lowest BCUT2D eigenvalue weighted by Gasteiger charge is -2.29. The van der Waals surface area contributed by atoms with E-state index in [-0.39, 0.29) is 42.9 Å². The molecule has 2 N–H and O–H groups in total. The van der Waals surface area contributed by atoms with E-state index >= 15 is 0 Å². The van der Waals surface area contributed by atoms with Crippen LogP contribution in [0.25, 0.3) is 0 Å². The van der Waals surface area contributed by atoms with E-state index in [1.807, 2.05) is 0 Å². The van der Waals surface area contributed by atoms with E-state index in [2.05, 4.69) is 10.6 Å². The lowest BCUT2D eigenvalue weighted by Crippen LogP contribution is -2.45. The van der Waals surface area contributed by atoms with Gasteiger partial charge in [-0.2, -0.15) is 0 Å². The predicted octanol–water partition coefficient (Wildman–Crippen LogP) is 3.48. The largest absolute Gasteiger partial charge is 0.484 e. The van der Waals surface area contributed by atoms with Crippen LogP contribution in [0.5, 0.6) is 11.5 Å². The van der Waals surface area contributed by atoms with Crippen molar-refractivity contribution < 1.29 is 23.5 Å². The van der Waals surface area contributed by atoms with Gasteiger partial charge in [0.25, 0.3) is 11.8 Å². The Hall–Kier alpha value is -2.80. The molecule has 6 nitrogen and oxygen atoms in total. The molecule has 0 heterocycles. The fourth-order valence-corrected chi connectivity index (χ4v) is 3.41. The van der Waals surface area contributed by atoms with Gasteiger partial charge < -0.3 is 20.1 Å². The Morgan fingerprint density at radius 3 is 1.63 bits per heavy atom. The molecular formula is C22H24ClFN2O4. The van der Waals surface area contributed by atoms with E-state index < -0.39 is 0 Å². The lowest BCUT2D eigenvalue weighted by atomic mass is 9.91. The molecule has 1 saturated carbocycles. The molecule has 1 aliphatic carbocycles. The van der Waals surface area contributed by atoms with Crippen LogP contribution in [0.15, 0.2) is 48.5 Å². The van der Waals surface area contributed by atoms with Crippen molar-refractivity contribution in [3.63, 3.8) is 0 Å². The second kappa shape index (κ2) is 10.8. The molecule has 160 valence electrons. The molecule has 3 rings (SSSR count). The average Bonchev–Trinajstić information content (AvgIpc) is 2.74. The molecule has 0 aliphatic heterocycles. The Morgan fingerprint density at radius 1 is 0.800 bits per heavy atom. The van der Waals surface area contributed by atoms with Crippen LogP contribution >= 0.6 is 11.6 Å². The van der Waals surface area contributed by atoms with Crippen molar-refractivity contribution in [3.05, 3.63) is 59.4 Å². The Bertz CT molecular complexity index is 766. The zero-order valence-electron chi connectivity index (χ0n) is 16.4. The van der Waals surface area contributed by atoms with Gasteiger partial charge in [0.1, 0.15) is 17.3 Å². The normalized spacial score (nSPS) is 18.3. The van der Waals surface area contributed by atoms with Crippen LogP contribution in [0.2, 0.25) is 5.02 Å². The highest BCUT2D eigenvalue weighted by Crippen LogP contribution is 2.19. The van der Waals surface area contributed by atoms with Crippen LogP contribution in [-0.2, 0) is 9.59 Å². The number of halogens is 2. The number of rotatable bonds is 8. The molecule has 2 aromatic rings. The van der Waals surface area contributed by atoms with Gasteiger partial charge in [-0.25, -0.2) is 4.39 Å². The monoisotopic (exact) mass is 434 g/mol. The Morgan fingerprint density at radius 2 is 1.20 bits per heavy atom. The van der Waals surface area contributed by atoms with Crippen LogP contribution in [0.4, 0.5) is 4.39 Å². The fourth-order valence-electron chi connectivity index (χ4n) is 3.28. The molecule has 1 fully saturated rings. The second-order valence-electron chi connectivity index (χ2n) is 7.17. The summed E-state index contributed by atoms with van der Waals surface area (Å²) in [7, 11) is 0. The molecule has 0 saturated heterocycles. The van der Waals surface area contributed by atoms with E-state index in [1.54, 1.807) is 24.3 Å². The third-order valence-corrected chi connectivity index (χ3v) is 5.08. The van der Waals surface area contributed by atoms with E-state index in [1.165, 1.54) is 24.3 Å². The maximum absolute atomic E-state index is 12.9. The number of hydrogen-bond donors (Lipinski definition) is 2. The first-order valence-corrected chi connectivity index (χ1v) is 10.2. The van der Waals surface area contributed by atoms with Crippen molar-refractivity contribution in [3.8, 4) is 11.5 Å². The minimum absolute atomic E-state index is 0.0489. The Kier molecular flexibility index (Phi) is 7.90. The molecule has 2 amide bonds. The highest BCUT2D eigenvalue weighted by atomic mass is 35.5. The number of hydrogen-bond acceptors (Lipinski definition) is 4. The van der Waals surface area contributed by atoms with E-state index in [0.29, 0.717) is 16.5 Å². The molecule has 0 radical (unpaired) electrons. The van der Waals surface area contributed by atoms with Gasteiger partial charge in [-0.3, -0.25) is 9.59 Å². The molecule has 0 atom stereocenters. The average molecular weight is 435 g/mol. The van der Waals surface area contributed by atoms with Gasteiger partial charge in [-0.05, 0) is 74.2 Å². The first-order chi connectivity index (χ1) is 14.5. The molecule has 0 spiro atoms. The summed E-state index contributed by atoms with van der Waals surface area (Å²) in [6.07, 6.45) is 3.09. The number of nitrogens with one attached hydrogen (secondary N) is 2. The summed E-state index contributed by atoms with van der Waals surface area (Å²) in [5, 5.41) is 6.52. The van der Waals surface area contributed by atoms with Crippen LogP contribution in [0.1, 0.15) is 25.7 Å². The number of ether oxygens (including phenoxy) is 2. The first kappa shape index (κ1) is 21.9. The summed E-state index contributed by atoms with van der Waals surface area (Å²) in [5.74, 6) is 0.281. The van der Waals surface area contributed by atoms with Gasteiger partial charge in [-0.15, -0.1) is 0 Å². The minimum atomic E-state index is -0.354. The summed E-state index contributed by atoms with van der Waals surface area (Å²) in [5.41, 5.74) is 0. The van der Waals surface area contributed by atoms with E-state index in [0.717, 1.165) is 25.7 Å². The van der Waals surface area contributed by atoms with Crippen molar-refractivity contribution in [2.24, 2.45) is 0 Å². The zero-order valence-corrected chi connectivity index (χ0v) is 17.2. The van der Waals surface area contributed by atoms with Crippen LogP contribution in [-0.4, -0.2) is 37.1 Å². The second-order valence-corrected chi connectivity index (χ2v) is 7.61.